The molecule has 0 radical (unpaired) electrons. The largest absolute Gasteiger partial charge is 0.329 e. The van der Waals surface area contributed by atoms with Gasteiger partial charge in [0.1, 0.15) is 5.15 Å². The number of aryl methyl sites for hydroxylation is 1. The molecule has 0 aliphatic carbocycles. The lowest BCUT2D eigenvalue weighted by molar-refractivity contribution is 0.547. The van der Waals surface area contributed by atoms with Gasteiger partial charge in [0.2, 0.25) is 0 Å². The lowest BCUT2D eigenvalue weighted by Crippen LogP contribution is -2.37. The van der Waals surface area contributed by atoms with E-state index < -0.39 is 5.69 Å². The number of nitrogens with zero attached hydrogens (tertiary/aromatic N) is 1. The third-order valence-corrected chi connectivity index (χ3v) is 3.23. The van der Waals surface area contributed by atoms with E-state index in [0.717, 1.165) is 5.56 Å². The highest BCUT2D eigenvalue weighted by Crippen LogP contribution is 2.22. The van der Waals surface area contributed by atoms with E-state index in [0.29, 0.717) is 11.1 Å². The minimum atomic E-state index is -0.485. The summed E-state index contributed by atoms with van der Waals surface area (Å²) in [6.07, 6.45) is 0. The Labute approximate surface area is 115 Å². The summed E-state index contributed by atoms with van der Waals surface area (Å²) in [5.74, 6) is 0. The van der Waals surface area contributed by atoms with Crippen molar-refractivity contribution < 1.29 is 0 Å². The van der Waals surface area contributed by atoms with Crippen molar-refractivity contribution in [1.82, 2.24) is 9.55 Å². The van der Waals surface area contributed by atoms with E-state index >= 15 is 0 Å². The maximum Gasteiger partial charge on any atom is 0.329 e. The van der Waals surface area contributed by atoms with Crippen LogP contribution < -0.4 is 11.2 Å². The highest BCUT2D eigenvalue weighted by Gasteiger charge is 2.16. The molecule has 4 nitrogen and oxygen atoms in total. The molecule has 0 saturated carbocycles. The van der Waals surface area contributed by atoms with Gasteiger partial charge in [-0.05, 0) is 26.3 Å². The molecule has 0 unspecified atom stereocenters. The second kappa shape index (κ2) is 5.05. The summed E-state index contributed by atoms with van der Waals surface area (Å²) in [4.78, 5) is 26.7. The molecule has 1 aromatic heterocycles. The van der Waals surface area contributed by atoms with Crippen LogP contribution in [0.5, 0.6) is 0 Å². The smallest absolute Gasteiger partial charge is 0.297 e. The SMILES string of the molecule is Cc1ccc(-c2c(Cl)[nH]c(=O)n(C(C)C)c2=O)cc1. The zero-order chi connectivity index (χ0) is 14.2. The number of aromatic amines is 1. The molecule has 1 N–H and O–H groups in total. The molecular formula is C14H15ClN2O2. The van der Waals surface area contributed by atoms with Gasteiger partial charge >= 0.3 is 5.69 Å². The third kappa shape index (κ3) is 2.49. The number of halogens is 1. The van der Waals surface area contributed by atoms with Crippen molar-refractivity contribution in [2.24, 2.45) is 0 Å². The summed E-state index contributed by atoms with van der Waals surface area (Å²) in [6, 6.07) is 7.21. The van der Waals surface area contributed by atoms with Crippen LogP contribution in [0.4, 0.5) is 0 Å². The van der Waals surface area contributed by atoms with Crippen molar-refractivity contribution >= 4 is 11.6 Å². The van der Waals surface area contributed by atoms with Crippen LogP contribution in [0.1, 0.15) is 25.5 Å². The van der Waals surface area contributed by atoms with Crippen LogP contribution in [0.25, 0.3) is 11.1 Å². The van der Waals surface area contributed by atoms with Gasteiger partial charge in [-0.25, -0.2) is 4.79 Å². The summed E-state index contributed by atoms with van der Waals surface area (Å²) >= 11 is 6.02. The van der Waals surface area contributed by atoms with Crippen molar-refractivity contribution in [2.45, 2.75) is 26.8 Å². The van der Waals surface area contributed by atoms with Crippen molar-refractivity contribution in [3.05, 3.63) is 55.8 Å². The first-order valence-corrected chi connectivity index (χ1v) is 6.41. The molecule has 0 saturated heterocycles. The third-order valence-electron chi connectivity index (χ3n) is 2.94. The molecule has 0 spiro atoms. The highest BCUT2D eigenvalue weighted by molar-refractivity contribution is 6.32. The van der Waals surface area contributed by atoms with E-state index in [2.05, 4.69) is 4.98 Å². The van der Waals surface area contributed by atoms with Crippen molar-refractivity contribution in [3.8, 4) is 11.1 Å². The van der Waals surface area contributed by atoms with Gasteiger partial charge < -0.3 is 0 Å². The number of aromatic nitrogens is 2. The summed E-state index contributed by atoms with van der Waals surface area (Å²) in [5.41, 5.74) is 1.27. The number of rotatable bonds is 2. The van der Waals surface area contributed by atoms with Gasteiger partial charge in [0.15, 0.2) is 0 Å². The Hall–Kier alpha value is -1.81. The van der Waals surface area contributed by atoms with Crippen LogP contribution in [0.3, 0.4) is 0 Å². The first-order valence-electron chi connectivity index (χ1n) is 6.03. The first kappa shape index (κ1) is 13.6. The number of benzene rings is 1. The zero-order valence-corrected chi connectivity index (χ0v) is 11.8. The first-order chi connectivity index (χ1) is 8.91. The Balaban J connectivity index is 2.77. The molecule has 0 bridgehead atoms. The van der Waals surface area contributed by atoms with E-state index in [-0.39, 0.29) is 16.8 Å². The van der Waals surface area contributed by atoms with Crippen LogP contribution in [0, 0.1) is 6.92 Å². The maximum absolute atomic E-state index is 12.4. The van der Waals surface area contributed by atoms with E-state index in [1.807, 2.05) is 31.2 Å². The Morgan fingerprint density at radius 3 is 2.26 bits per heavy atom. The van der Waals surface area contributed by atoms with Crippen molar-refractivity contribution in [1.29, 1.82) is 0 Å². The van der Waals surface area contributed by atoms with E-state index in [9.17, 15) is 9.59 Å². The quantitative estimate of drug-likeness (QED) is 0.859. The normalized spacial score (nSPS) is 11.0. The molecule has 0 fully saturated rings. The number of hydrogen-bond acceptors (Lipinski definition) is 2. The fourth-order valence-electron chi connectivity index (χ4n) is 1.96. The minimum Gasteiger partial charge on any atom is -0.297 e. The van der Waals surface area contributed by atoms with Gasteiger partial charge in [0.05, 0.1) is 5.56 Å². The molecule has 2 rings (SSSR count). The predicted molar refractivity (Wildman–Crippen MR) is 76.9 cm³/mol. The molecule has 1 heterocycles. The molecule has 0 aliphatic rings. The molecule has 1 aromatic carbocycles. The lowest BCUT2D eigenvalue weighted by atomic mass is 10.1. The standard InChI is InChI=1S/C14H15ClN2O2/c1-8(2)17-13(18)11(12(15)16-14(17)19)10-6-4-9(3)5-7-10/h4-8H,1-3H3,(H,16,19). The Bertz CT molecular complexity index is 712. The second-order valence-corrected chi connectivity index (χ2v) is 5.13. The molecule has 0 aliphatic heterocycles. The van der Waals surface area contributed by atoms with Gasteiger partial charge in [-0.2, -0.15) is 0 Å². The van der Waals surface area contributed by atoms with E-state index in [4.69, 9.17) is 11.6 Å². The van der Waals surface area contributed by atoms with Gasteiger partial charge in [-0.3, -0.25) is 14.3 Å². The summed E-state index contributed by atoms with van der Waals surface area (Å²) in [6.45, 7) is 5.53. The van der Waals surface area contributed by atoms with Crippen LogP contribution in [0.15, 0.2) is 33.9 Å². The molecular weight excluding hydrogens is 264 g/mol. The van der Waals surface area contributed by atoms with Gasteiger partial charge in [-0.15, -0.1) is 0 Å². The fourth-order valence-corrected chi connectivity index (χ4v) is 2.23. The summed E-state index contributed by atoms with van der Waals surface area (Å²) < 4.78 is 1.17. The average molecular weight is 279 g/mol. The molecule has 0 atom stereocenters. The van der Waals surface area contributed by atoms with Gasteiger partial charge in [-0.1, -0.05) is 41.4 Å². The zero-order valence-electron chi connectivity index (χ0n) is 11.0. The predicted octanol–water partition coefficient (Wildman–Crippen LogP) is 2.75. The minimum absolute atomic E-state index is 0.0794. The molecule has 2 aromatic rings. The van der Waals surface area contributed by atoms with Gasteiger partial charge in [0, 0.05) is 6.04 Å². The van der Waals surface area contributed by atoms with Gasteiger partial charge in [0.25, 0.3) is 5.56 Å². The monoisotopic (exact) mass is 278 g/mol. The topological polar surface area (TPSA) is 54.9 Å². The van der Waals surface area contributed by atoms with Crippen LogP contribution >= 0.6 is 11.6 Å². The summed E-state index contributed by atoms with van der Waals surface area (Å²) in [7, 11) is 0. The molecule has 0 amide bonds. The summed E-state index contributed by atoms with van der Waals surface area (Å²) in [5, 5.41) is 0.0794. The van der Waals surface area contributed by atoms with E-state index in [1.165, 1.54) is 4.57 Å². The Morgan fingerprint density at radius 1 is 1.16 bits per heavy atom. The number of H-pyrrole nitrogens is 1. The highest BCUT2D eigenvalue weighted by atomic mass is 35.5. The van der Waals surface area contributed by atoms with Crippen LogP contribution in [-0.2, 0) is 0 Å². The Kier molecular flexibility index (Phi) is 3.62. The Morgan fingerprint density at radius 2 is 1.74 bits per heavy atom. The number of nitrogens with one attached hydrogen (secondary N) is 1. The molecule has 19 heavy (non-hydrogen) atoms. The van der Waals surface area contributed by atoms with Crippen molar-refractivity contribution in [3.63, 3.8) is 0 Å². The maximum atomic E-state index is 12.4. The average Bonchev–Trinajstić information content (AvgIpc) is 2.30. The van der Waals surface area contributed by atoms with E-state index in [1.54, 1.807) is 13.8 Å². The molecule has 100 valence electrons. The van der Waals surface area contributed by atoms with Crippen LogP contribution in [0.2, 0.25) is 5.15 Å². The molecule has 5 heteroatoms. The second-order valence-electron chi connectivity index (χ2n) is 4.75. The van der Waals surface area contributed by atoms with Crippen molar-refractivity contribution in [2.75, 3.05) is 0 Å². The number of hydrogen-bond donors (Lipinski definition) is 1. The van der Waals surface area contributed by atoms with Crippen LogP contribution in [-0.4, -0.2) is 9.55 Å². The fraction of sp³-hybridized carbons (Fsp3) is 0.286. The lowest BCUT2D eigenvalue weighted by Gasteiger charge is -2.11.